The molecule has 1 aromatic heterocycles. The highest BCUT2D eigenvalue weighted by Crippen LogP contribution is 2.42. The molecule has 0 aliphatic heterocycles. The predicted octanol–water partition coefficient (Wildman–Crippen LogP) is 6.17. The van der Waals surface area contributed by atoms with E-state index in [9.17, 15) is 27.9 Å². The predicted molar refractivity (Wildman–Crippen MR) is 141 cm³/mol. The Morgan fingerprint density at radius 3 is 2.45 bits per heavy atom. The van der Waals surface area contributed by atoms with Crippen molar-refractivity contribution in [2.24, 2.45) is 0 Å². The summed E-state index contributed by atoms with van der Waals surface area (Å²) < 4.78 is 45.4. The number of phenolic OH excluding ortho intramolecular Hbond substituents is 1. The average molecular weight is 551 g/mol. The van der Waals surface area contributed by atoms with Gasteiger partial charge in [0.25, 0.3) is 5.91 Å². The summed E-state index contributed by atoms with van der Waals surface area (Å²) in [5.41, 5.74) is 1.39. The summed E-state index contributed by atoms with van der Waals surface area (Å²) in [7, 11) is 1.58. The Balaban J connectivity index is 1.32. The molecule has 0 bridgehead atoms. The summed E-state index contributed by atoms with van der Waals surface area (Å²) in [6, 6.07) is 17.0. The van der Waals surface area contributed by atoms with Crippen LogP contribution in [0.15, 0.2) is 72.8 Å². The molecule has 3 aromatic carbocycles. The molecule has 1 saturated carbocycles. The normalized spacial score (nSPS) is 13.1. The highest BCUT2D eigenvalue weighted by Gasteiger charge is 2.32. The minimum Gasteiger partial charge on any atom is -0.507 e. The number of benzene rings is 3. The van der Waals surface area contributed by atoms with Gasteiger partial charge in [0.05, 0.1) is 24.1 Å². The summed E-state index contributed by atoms with van der Waals surface area (Å²) in [6.07, 6.45) is -2.74. The van der Waals surface area contributed by atoms with Gasteiger partial charge in [0.1, 0.15) is 11.5 Å². The Morgan fingerprint density at radius 1 is 1.05 bits per heavy atom. The molecule has 40 heavy (non-hydrogen) atoms. The molecule has 0 unspecified atom stereocenters. The molecule has 3 N–H and O–H groups in total. The quantitative estimate of drug-likeness (QED) is 0.255. The number of carbonyl (C=O) groups is 2. The van der Waals surface area contributed by atoms with Crippen LogP contribution in [0.2, 0.25) is 0 Å². The zero-order chi connectivity index (χ0) is 28.4. The van der Waals surface area contributed by atoms with Crippen molar-refractivity contribution in [1.82, 2.24) is 15.1 Å². The first-order valence-corrected chi connectivity index (χ1v) is 12.5. The number of amides is 2. The Hall–Kier alpha value is -4.80. The highest BCUT2D eigenvalue weighted by atomic mass is 19.4. The number of aromatic nitrogens is 2. The average Bonchev–Trinajstić information content (AvgIpc) is 3.70. The standard InChI is InChI=1S/C29H25F3N4O4/c1-40-22-10-5-17(6-11-22)16-33-28(39)36-25(18-7-8-18)15-24(35-36)23-12-9-21(14-26(23)37)34-27(38)19-3-2-4-20(13-19)29(30,31)32/h2-6,9-15,18,37H,7-8,16H2,1H3,(H,33,39)(H,34,38). The second-order valence-corrected chi connectivity index (χ2v) is 9.41. The van der Waals surface area contributed by atoms with E-state index in [1.807, 2.05) is 12.1 Å². The number of alkyl halides is 3. The van der Waals surface area contributed by atoms with Crippen LogP contribution in [0.3, 0.4) is 0 Å². The van der Waals surface area contributed by atoms with Crippen LogP contribution in [0.1, 0.15) is 45.9 Å². The molecule has 1 fully saturated rings. The Labute approximate surface area is 227 Å². The lowest BCUT2D eigenvalue weighted by Crippen LogP contribution is -2.30. The van der Waals surface area contributed by atoms with Crippen molar-refractivity contribution < 1.29 is 32.6 Å². The number of phenols is 1. The maximum Gasteiger partial charge on any atom is 0.416 e. The third-order valence-corrected chi connectivity index (χ3v) is 6.51. The van der Waals surface area contributed by atoms with Crippen molar-refractivity contribution in [2.75, 3.05) is 12.4 Å². The second kappa shape index (κ2) is 10.8. The third-order valence-electron chi connectivity index (χ3n) is 6.51. The van der Waals surface area contributed by atoms with E-state index >= 15 is 0 Å². The van der Waals surface area contributed by atoms with Crippen LogP contribution in [0.25, 0.3) is 11.3 Å². The van der Waals surface area contributed by atoms with E-state index in [-0.39, 0.29) is 29.5 Å². The van der Waals surface area contributed by atoms with Crippen LogP contribution in [-0.2, 0) is 12.7 Å². The van der Waals surface area contributed by atoms with Gasteiger partial charge in [-0.15, -0.1) is 0 Å². The van der Waals surface area contributed by atoms with Crippen molar-refractivity contribution in [3.63, 3.8) is 0 Å². The SMILES string of the molecule is COc1ccc(CNC(=O)n2nc(-c3ccc(NC(=O)c4cccc(C(F)(F)F)c4)cc3O)cc2C2CC2)cc1. The van der Waals surface area contributed by atoms with Crippen LogP contribution in [0, 0.1) is 0 Å². The van der Waals surface area contributed by atoms with Gasteiger partial charge in [-0.3, -0.25) is 4.79 Å². The molecule has 1 aliphatic rings. The van der Waals surface area contributed by atoms with Gasteiger partial charge in [-0.2, -0.15) is 23.0 Å². The minimum absolute atomic E-state index is 0.174. The molecular weight excluding hydrogens is 525 g/mol. The molecule has 0 spiro atoms. The lowest BCUT2D eigenvalue weighted by Gasteiger charge is -2.10. The number of carbonyl (C=O) groups excluding carboxylic acids is 2. The van der Waals surface area contributed by atoms with Gasteiger partial charge in [0, 0.05) is 35.3 Å². The number of halogens is 3. The molecule has 0 atom stereocenters. The number of nitrogens with zero attached hydrogens (tertiary/aromatic N) is 2. The first kappa shape index (κ1) is 26.8. The summed E-state index contributed by atoms with van der Waals surface area (Å²) in [6.45, 7) is 0.285. The topological polar surface area (TPSA) is 105 Å². The molecule has 0 radical (unpaired) electrons. The fourth-order valence-corrected chi connectivity index (χ4v) is 4.22. The lowest BCUT2D eigenvalue weighted by molar-refractivity contribution is -0.137. The van der Waals surface area contributed by atoms with Crippen molar-refractivity contribution in [3.8, 4) is 22.8 Å². The number of methoxy groups -OCH3 is 1. The molecular formula is C29H25F3N4O4. The number of hydrogen-bond acceptors (Lipinski definition) is 5. The van der Waals surface area contributed by atoms with Gasteiger partial charge < -0.3 is 20.5 Å². The molecule has 8 nitrogen and oxygen atoms in total. The van der Waals surface area contributed by atoms with E-state index in [0.717, 1.165) is 42.3 Å². The maximum atomic E-state index is 13.0. The fourth-order valence-electron chi connectivity index (χ4n) is 4.22. The third kappa shape index (κ3) is 5.93. The molecule has 1 heterocycles. The first-order chi connectivity index (χ1) is 19.1. The van der Waals surface area contributed by atoms with E-state index in [4.69, 9.17) is 4.74 Å². The number of hydrogen-bond donors (Lipinski definition) is 3. The Bertz CT molecular complexity index is 1560. The first-order valence-electron chi connectivity index (χ1n) is 12.5. The van der Waals surface area contributed by atoms with Gasteiger partial charge in [0.15, 0.2) is 0 Å². The van der Waals surface area contributed by atoms with Crippen LogP contribution >= 0.6 is 0 Å². The van der Waals surface area contributed by atoms with Gasteiger partial charge in [-0.25, -0.2) is 4.79 Å². The van der Waals surface area contributed by atoms with Crippen LogP contribution in [0.4, 0.5) is 23.7 Å². The maximum absolute atomic E-state index is 13.0. The molecule has 0 saturated heterocycles. The zero-order valence-electron chi connectivity index (χ0n) is 21.3. The second-order valence-electron chi connectivity index (χ2n) is 9.41. The summed E-state index contributed by atoms with van der Waals surface area (Å²) >= 11 is 0. The molecule has 4 aromatic rings. The molecule has 1 aliphatic carbocycles. The van der Waals surface area contributed by atoms with Crippen LogP contribution in [0.5, 0.6) is 11.5 Å². The Kier molecular flexibility index (Phi) is 7.20. The van der Waals surface area contributed by atoms with Crippen molar-refractivity contribution >= 4 is 17.6 Å². The zero-order valence-corrected chi connectivity index (χ0v) is 21.3. The molecule has 2 amide bonds. The van der Waals surface area contributed by atoms with E-state index in [1.165, 1.54) is 28.9 Å². The van der Waals surface area contributed by atoms with Crippen molar-refractivity contribution in [1.29, 1.82) is 0 Å². The number of rotatable bonds is 7. The van der Waals surface area contributed by atoms with Gasteiger partial charge in [-0.1, -0.05) is 18.2 Å². The minimum atomic E-state index is -4.58. The number of anilines is 1. The number of aromatic hydroxyl groups is 1. The summed E-state index contributed by atoms with van der Waals surface area (Å²) in [5.74, 6) is -0.0791. The van der Waals surface area contributed by atoms with E-state index in [0.29, 0.717) is 17.0 Å². The van der Waals surface area contributed by atoms with Crippen molar-refractivity contribution in [3.05, 3.63) is 95.2 Å². The van der Waals surface area contributed by atoms with Gasteiger partial charge >= 0.3 is 12.2 Å². The van der Waals surface area contributed by atoms with Crippen LogP contribution < -0.4 is 15.4 Å². The smallest absolute Gasteiger partial charge is 0.416 e. The highest BCUT2D eigenvalue weighted by molar-refractivity contribution is 6.04. The van der Waals surface area contributed by atoms with Gasteiger partial charge in [-0.05, 0) is 66.9 Å². The summed E-state index contributed by atoms with van der Waals surface area (Å²) in [5, 5.41) is 20.5. The monoisotopic (exact) mass is 550 g/mol. The Morgan fingerprint density at radius 2 is 1.80 bits per heavy atom. The largest absolute Gasteiger partial charge is 0.507 e. The fraction of sp³-hybridized carbons (Fsp3) is 0.207. The molecule has 11 heteroatoms. The van der Waals surface area contributed by atoms with E-state index in [1.54, 1.807) is 25.3 Å². The van der Waals surface area contributed by atoms with Crippen molar-refractivity contribution in [2.45, 2.75) is 31.5 Å². The van der Waals surface area contributed by atoms with E-state index in [2.05, 4.69) is 15.7 Å². The van der Waals surface area contributed by atoms with Crippen LogP contribution in [-0.4, -0.2) is 33.9 Å². The summed E-state index contributed by atoms with van der Waals surface area (Å²) in [4.78, 5) is 25.5. The lowest BCUT2D eigenvalue weighted by atomic mass is 10.1. The molecule has 206 valence electrons. The molecule has 5 rings (SSSR count). The number of nitrogens with one attached hydrogen (secondary N) is 2. The van der Waals surface area contributed by atoms with E-state index < -0.39 is 23.7 Å². The van der Waals surface area contributed by atoms with Gasteiger partial charge in [0.2, 0.25) is 0 Å². The number of ether oxygens (including phenoxy) is 1.